The SMILES string of the molecule is O=C(O[Si](OC(=O)C(Cl)(Cl)Cl)(OC(=O)C(Cl)(Cl)Cl)OC(=O)C(Cl)(Cl)Cl)C(Cl)(Cl)Cl. The molecule has 0 aromatic heterocycles. The van der Waals surface area contributed by atoms with Gasteiger partial charge >= 0.3 is 32.9 Å². The van der Waals surface area contributed by atoms with Gasteiger partial charge in [-0.3, -0.25) is 0 Å². The number of carbonyl (C=O) groups excluding carboxylic acids is 4. The lowest BCUT2D eigenvalue weighted by atomic mass is 10.8. The molecule has 0 aliphatic carbocycles. The largest absolute Gasteiger partial charge is 0.975 e. The standard InChI is InChI=1S/C8Cl12O8Si/c9-5(10,11)1(21)25-29(26-2(22)6(12,13)14,27-3(23)7(15,16)17)28-4(24)8(18,19)20. The fraction of sp³-hybridized carbons (Fsp3) is 0.500. The molecule has 168 valence electrons. The van der Waals surface area contributed by atoms with E-state index in [2.05, 4.69) is 17.7 Å². The fourth-order valence-corrected chi connectivity index (χ4v) is 3.82. The Bertz CT molecular complexity index is 556. The lowest BCUT2D eigenvalue weighted by Gasteiger charge is -2.28. The van der Waals surface area contributed by atoms with E-state index >= 15 is 0 Å². The zero-order chi connectivity index (χ0) is 23.6. The summed E-state index contributed by atoms with van der Waals surface area (Å²) < 4.78 is 6.14. The predicted molar refractivity (Wildman–Crippen MR) is 111 cm³/mol. The maximum absolute atomic E-state index is 11.9. The molecule has 0 saturated heterocycles. The molecule has 21 heteroatoms. The maximum Gasteiger partial charge on any atom is 0.975 e. The molecule has 8 nitrogen and oxygen atoms in total. The van der Waals surface area contributed by atoms with Crippen LogP contribution in [0.5, 0.6) is 0 Å². The zero-order valence-corrected chi connectivity index (χ0v) is 22.4. The van der Waals surface area contributed by atoms with E-state index in [4.69, 9.17) is 139 Å². The number of halogens is 12. The molecule has 0 aromatic carbocycles. The molecule has 0 rings (SSSR count). The Hall–Kier alpha value is 1.58. The van der Waals surface area contributed by atoms with Gasteiger partial charge in [0, 0.05) is 0 Å². The molecular weight excluding hydrogens is 678 g/mol. The third kappa shape index (κ3) is 10.8. The lowest BCUT2D eigenvalue weighted by molar-refractivity contribution is -0.162. The summed E-state index contributed by atoms with van der Waals surface area (Å²) in [6, 6.07) is 0. The molecule has 0 N–H and O–H groups in total. The van der Waals surface area contributed by atoms with Gasteiger partial charge in [0.05, 0.1) is 0 Å². The molecule has 0 saturated carbocycles. The van der Waals surface area contributed by atoms with Crippen molar-refractivity contribution in [1.29, 1.82) is 0 Å². The zero-order valence-electron chi connectivity index (χ0n) is 12.3. The van der Waals surface area contributed by atoms with Crippen LogP contribution in [0, 0.1) is 0 Å². The highest BCUT2D eigenvalue weighted by Crippen LogP contribution is 2.37. The van der Waals surface area contributed by atoms with Gasteiger partial charge in [0.1, 0.15) is 0 Å². The first-order valence-corrected chi connectivity index (χ1v) is 11.9. The number of hydrogen-bond acceptors (Lipinski definition) is 8. The highest BCUT2D eigenvalue weighted by Gasteiger charge is 2.68. The van der Waals surface area contributed by atoms with Gasteiger partial charge in [0.15, 0.2) is 0 Å². The number of carbonyl (C=O) groups is 4. The molecule has 29 heavy (non-hydrogen) atoms. The molecule has 0 aliphatic rings. The molecule has 0 aliphatic heterocycles. The summed E-state index contributed by atoms with van der Waals surface area (Å²) in [7, 11) is -5.90. The van der Waals surface area contributed by atoms with Crippen molar-refractivity contribution in [3.63, 3.8) is 0 Å². The summed E-state index contributed by atoms with van der Waals surface area (Å²) in [5.74, 6) is -7.72. The summed E-state index contributed by atoms with van der Waals surface area (Å²) in [4.78, 5) is 47.7. The van der Waals surface area contributed by atoms with Crippen LogP contribution in [0.2, 0.25) is 0 Å². The van der Waals surface area contributed by atoms with Crippen LogP contribution in [-0.2, 0) is 36.9 Å². The minimum atomic E-state index is -5.90. The van der Waals surface area contributed by atoms with Crippen molar-refractivity contribution in [2.75, 3.05) is 0 Å². The molecule has 0 fully saturated rings. The van der Waals surface area contributed by atoms with Gasteiger partial charge in [-0.2, -0.15) is 0 Å². The van der Waals surface area contributed by atoms with Crippen molar-refractivity contribution in [3.05, 3.63) is 0 Å². The Morgan fingerprint density at radius 3 is 0.655 bits per heavy atom. The second kappa shape index (κ2) is 10.7. The summed E-state index contributed by atoms with van der Waals surface area (Å²) in [6.45, 7) is 0. The number of hydrogen-bond donors (Lipinski definition) is 0. The average Bonchev–Trinajstić information content (AvgIpc) is 2.42. The first kappa shape index (κ1) is 30.6. The average molecular weight is 678 g/mol. The van der Waals surface area contributed by atoms with Gasteiger partial charge in [-0.05, 0) is 0 Å². The number of alkyl halides is 12. The smallest absolute Gasteiger partial charge is 0.419 e. The first-order chi connectivity index (χ1) is 12.5. The van der Waals surface area contributed by atoms with E-state index in [0.717, 1.165) is 0 Å². The van der Waals surface area contributed by atoms with E-state index in [1.807, 2.05) is 0 Å². The van der Waals surface area contributed by atoms with Crippen LogP contribution in [0.4, 0.5) is 0 Å². The van der Waals surface area contributed by atoms with Gasteiger partial charge in [-0.1, -0.05) is 139 Å². The molecule has 0 spiro atoms. The van der Waals surface area contributed by atoms with Crippen LogP contribution in [0.25, 0.3) is 0 Å². The molecule has 0 radical (unpaired) electrons. The van der Waals surface area contributed by atoms with E-state index in [9.17, 15) is 19.2 Å². The molecule has 0 heterocycles. The van der Waals surface area contributed by atoms with Gasteiger partial charge in [-0.25, -0.2) is 19.2 Å². The van der Waals surface area contributed by atoms with Crippen molar-refractivity contribution in [3.8, 4) is 0 Å². The second-order valence-corrected chi connectivity index (χ2v) is 15.0. The van der Waals surface area contributed by atoms with Gasteiger partial charge < -0.3 is 17.7 Å². The highest BCUT2D eigenvalue weighted by atomic mass is 35.6. The number of rotatable bonds is 4. The topological polar surface area (TPSA) is 105 Å². The van der Waals surface area contributed by atoms with E-state index in [-0.39, 0.29) is 0 Å². The van der Waals surface area contributed by atoms with Gasteiger partial charge in [-0.15, -0.1) is 0 Å². The first-order valence-electron chi connectivity index (χ1n) is 5.72. The molecule has 0 aromatic rings. The Balaban J connectivity index is 6.42. The maximum atomic E-state index is 11.9. The highest BCUT2D eigenvalue weighted by molar-refractivity contribution is 6.81. The Morgan fingerprint density at radius 2 is 0.552 bits per heavy atom. The summed E-state index contributed by atoms with van der Waals surface area (Å²) in [6.07, 6.45) is 0. The molecular formula is C8Cl12O8Si. The van der Waals surface area contributed by atoms with E-state index in [0.29, 0.717) is 0 Å². The second-order valence-electron chi connectivity index (χ2n) is 4.05. The minimum absolute atomic E-state index is 1.93. The summed E-state index contributed by atoms with van der Waals surface area (Å²) in [5.41, 5.74) is 0. The van der Waals surface area contributed by atoms with Crippen LogP contribution < -0.4 is 0 Å². The fourth-order valence-electron chi connectivity index (χ4n) is 0.811. The summed E-state index contributed by atoms with van der Waals surface area (Å²) >= 11 is 63.5. The van der Waals surface area contributed by atoms with Crippen LogP contribution in [0.1, 0.15) is 0 Å². The van der Waals surface area contributed by atoms with Crippen molar-refractivity contribution in [2.45, 2.75) is 15.2 Å². The lowest BCUT2D eigenvalue weighted by Crippen LogP contribution is -2.58. The molecule has 0 atom stereocenters. The van der Waals surface area contributed by atoms with Crippen molar-refractivity contribution < 1.29 is 36.9 Å². The van der Waals surface area contributed by atoms with Crippen molar-refractivity contribution in [2.24, 2.45) is 0 Å². The van der Waals surface area contributed by atoms with Gasteiger partial charge in [0.25, 0.3) is 15.2 Å². The van der Waals surface area contributed by atoms with Crippen molar-refractivity contribution in [1.82, 2.24) is 0 Å². The Kier molecular flexibility index (Phi) is 11.3. The Labute approximate surface area is 222 Å². The normalized spacial score (nSPS) is 13.4. The third-order valence-electron chi connectivity index (χ3n) is 1.80. The van der Waals surface area contributed by atoms with Crippen LogP contribution in [0.15, 0.2) is 0 Å². The molecule has 0 unspecified atom stereocenters. The molecule has 0 amide bonds. The quantitative estimate of drug-likeness (QED) is 0.300. The molecule has 0 bridgehead atoms. The van der Waals surface area contributed by atoms with Crippen LogP contribution in [-0.4, -0.2) is 48.1 Å². The van der Waals surface area contributed by atoms with E-state index in [1.165, 1.54) is 0 Å². The van der Waals surface area contributed by atoms with E-state index in [1.54, 1.807) is 0 Å². The van der Waals surface area contributed by atoms with Crippen LogP contribution in [0.3, 0.4) is 0 Å². The third-order valence-corrected chi connectivity index (χ3v) is 5.39. The summed E-state index contributed by atoms with van der Waals surface area (Å²) in [5, 5.41) is 0. The minimum Gasteiger partial charge on any atom is -0.419 e. The monoisotopic (exact) mass is 672 g/mol. The Morgan fingerprint density at radius 1 is 0.414 bits per heavy atom. The van der Waals surface area contributed by atoms with Crippen LogP contribution >= 0.6 is 139 Å². The van der Waals surface area contributed by atoms with Crippen molar-refractivity contribution >= 4 is 172 Å². The predicted octanol–water partition coefficient (Wildman–Crippen LogP) is 5.08. The van der Waals surface area contributed by atoms with Gasteiger partial charge in [0.2, 0.25) is 0 Å². The van der Waals surface area contributed by atoms with E-state index < -0.39 is 48.1 Å².